The summed E-state index contributed by atoms with van der Waals surface area (Å²) >= 11 is 0. The lowest BCUT2D eigenvalue weighted by Crippen LogP contribution is -2.51. The van der Waals surface area contributed by atoms with Crippen LogP contribution in [0.3, 0.4) is 0 Å². The minimum absolute atomic E-state index is 0. The highest BCUT2D eigenvalue weighted by Crippen LogP contribution is 2.29. The molecule has 1 saturated heterocycles. The Bertz CT molecular complexity index is 785. The predicted molar refractivity (Wildman–Crippen MR) is 103 cm³/mol. The fourth-order valence-corrected chi connectivity index (χ4v) is 2.90. The van der Waals surface area contributed by atoms with Crippen molar-refractivity contribution in [1.82, 2.24) is 10.2 Å². The molecule has 1 heterocycles. The zero-order valence-corrected chi connectivity index (χ0v) is 15.2. The molecule has 1 atom stereocenters. The quantitative estimate of drug-likeness (QED) is 0.632. The minimum atomic E-state index is -0.470. The van der Waals surface area contributed by atoms with Crippen LogP contribution in [0.1, 0.15) is 17.3 Å². The Hall–Kier alpha value is -2.64. The zero-order chi connectivity index (χ0) is 17.8. The van der Waals surface area contributed by atoms with E-state index in [1.807, 2.05) is 37.3 Å². The lowest BCUT2D eigenvalue weighted by atomic mass is 10.1. The first kappa shape index (κ1) is 19.7. The number of benzene rings is 2. The summed E-state index contributed by atoms with van der Waals surface area (Å²) in [6, 6.07) is 14.0. The molecule has 7 nitrogen and oxygen atoms in total. The maximum Gasteiger partial charge on any atom is 0.293 e. The van der Waals surface area contributed by atoms with Gasteiger partial charge in [-0.3, -0.25) is 14.9 Å². The van der Waals surface area contributed by atoms with Crippen molar-refractivity contribution in [3.8, 4) is 0 Å². The second-order valence-electron chi connectivity index (χ2n) is 6.09. The van der Waals surface area contributed by atoms with Crippen LogP contribution in [0.5, 0.6) is 0 Å². The summed E-state index contributed by atoms with van der Waals surface area (Å²) in [6.07, 6.45) is 0. The molecule has 0 aromatic heterocycles. The van der Waals surface area contributed by atoms with Gasteiger partial charge >= 0.3 is 0 Å². The van der Waals surface area contributed by atoms with E-state index in [0.717, 1.165) is 12.2 Å². The number of hydrogen-bond donors (Lipinski definition) is 2. The van der Waals surface area contributed by atoms with E-state index in [2.05, 4.69) is 10.6 Å². The number of halogens is 1. The molecule has 1 amide bonds. The van der Waals surface area contributed by atoms with Gasteiger partial charge in [0, 0.05) is 43.0 Å². The maximum absolute atomic E-state index is 12.6. The van der Waals surface area contributed by atoms with Crippen molar-refractivity contribution in [2.24, 2.45) is 0 Å². The molecule has 0 radical (unpaired) electrons. The third kappa shape index (κ3) is 4.50. The van der Waals surface area contributed by atoms with Crippen LogP contribution in [0, 0.1) is 10.1 Å². The molecule has 26 heavy (non-hydrogen) atoms. The molecule has 0 aliphatic carbocycles. The van der Waals surface area contributed by atoms with Crippen LogP contribution in [-0.4, -0.2) is 41.4 Å². The largest absolute Gasteiger partial charge is 0.350 e. The van der Waals surface area contributed by atoms with Crippen LogP contribution in [0.2, 0.25) is 0 Å². The van der Waals surface area contributed by atoms with Gasteiger partial charge in [0.25, 0.3) is 11.6 Å². The van der Waals surface area contributed by atoms with Gasteiger partial charge in [-0.2, -0.15) is 0 Å². The second kappa shape index (κ2) is 8.64. The van der Waals surface area contributed by atoms with Crippen LogP contribution < -0.4 is 10.6 Å². The van der Waals surface area contributed by atoms with E-state index in [1.54, 1.807) is 17.0 Å². The smallest absolute Gasteiger partial charge is 0.293 e. The molecule has 1 aliphatic rings. The van der Waals surface area contributed by atoms with E-state index in [1.165, 1.54) is 6.07 Å². The van der Waals surface area contributed by atoms with Crippen molar-refractivity contribution >= 4 is 35.4 Å². The lowest BCUT2D eigenvalue weighted by Gasteiger charge is -2.32. The van der Waals surface area contributed by atoms with Crippen molar-refractivity contribution in [2.45, 2.75) is 13.0 Å². The van der Waals surface area contributed by atoms with Crippen LogP contribution >= 0.6 is 12.4 Å². The Morgan fingerprint density at radius 3 is 2.65 bits per heavy atom. The number of nitrogens with one attached hydrogen (secondary N) is 2. The number of rotatable bonds is 4. The van der Waals surface area contributed by atoms with Crippen LogP contribution in [0.15, 0.2) is 48.5 Å². The Morgan fingerprint density at radius 1 is 1.27 bits per heavy atom. The molecular formula is C18H21ClN4O3. The van der Waals surface area contributed by atoms with Gasteiger partial charge in [-0.1, -0.05) is 18.2 Å². The summed E-state index contributed by atoms with van der Waals surface area (Å²) in [7, 11) is 0. The summed E-state index contributed by atoms with van der Waals surface area (Å²) in [5.74, 6) is -0.178. The molecule has 3 rings (SSSR count). The summed E-state index contributed by atoms with van der Waals surface area (Å²) in [5.41, 5.74) is 1.33. The summed E-state index contributed by atoms with van der Waals surface area (Å²) in [6.45, 7) is 3.93. The highest BCUT2D eigenvalue weighted by atomic mass is 35.5. The molecule has 138 valence electrons. The molecule has 8 heteroatoms. The molecule has 2 aromatic carbocycles. The van der Waals surface area contributed by atoms with Gasteiger partial charge in [0.2, 0.25) is 0 Å². The van der Waals surface area contributed by atoms with Gasteiger partial charge in [-0.05, 0) is 31.2 Å². The third-order valence-corrected chi connectivity index (χ3v) is 4.15. The number of para-hydroxylation sites is 1. The molecule has 1 fully saturated rings. The molecule has 1 aliphatic heterocycles. The number of nitrogens with zero attached hydrogens (tertiary/aromatic N) is 2. The summed E-state index contributed by atoms with van der Waals surface area (Å²) in [5, 5.41) is 17.7. The van der Waals surface area contributed by atoms with Crippen molar-refractivity contribution in [3.63, 3.8) is 0 Å². The molecule has 1 unspecified atom stereocenters. The SMILES string of the molecule is CC1CN(C(=O)c2ccc(Nc3ccccc3)c([N+](=O)[O-])c2)CCN1.Cl. The standard InChI is InChI=1S/C18H20N4O3.ClH/c1-13-12-21(10-9-19-13)18(23)14-7-8-16(17(11-14)22(24)25)20-15-5-3-2-4-6-15;/h2-8,11,13,19-20H,9-10,12H2,1H3;1H. The first-order chi connectivity index (χ1) is 12.0. The van der Waals surface area contributed by atoms with E-state index in [-0.39, 0.29) is 30.0 Å². The monoisotopic (exact) mass is 376 g/mol. The first-order valence-electron chi connectivity index (χ1n) is 8.18. The number of anilines is 2. The Balaban J connectivity index is 0.00000243. The van der Waals surface area contributed by atoms with E-state index < -0.39 is 4.92 Å². The molecule has 2 aromatic rings. The van der Waals surface area contributed by atoms with Crippen LogP contribution in [0.25, 0.3) is 0 Å². The van der Waals surface area contributed by atoms with Crippen molar-refractivity contribution in [1.29, 1.82) is 0 Å². The van der Waals surface area contributed by atoms with E-state index in [0.29, 0.717) is 24.3 Å². The number of hydrogen-bond acceptors (Lipinski definition) is 5. The molecule has 2 N–H and O–H groups in total. The molecule has 0 saturated carbocycles. The fraction of sp³-hybridized carbons (Fsp3) is 0.278. The Labute approximate surface area is 157 Å². The van der Waals surface area contributed by atoms with Gasteiger partial charge in [-0.15, -0.1) is 12.4 Å². The fourth-order valence-electron chi connectivity index (χ4n) is 2.90. The van der Waals surface area contributed by atoms with Gasteiger partial charge in [0.15, 0.2) is 0 Å². The predicted octanol–water partition coefficient (Wildman–Crippen LogP) is 3.19. The van der Waals surface area contributed by atoms with Crippen LogP contribution in [-0.2, 0) is 0 Å². The van der Waals surface area contributed by atoms with E-state index in [4.69, 9.17) is 0 Å². The van der Waals surface area contributed by atoms with Crippen molar-refractivity contribution in [3.05, 3.63) is 64.2 Å². The average molecular weight is 377 g/mol. The average Bonchev–Trinajstić information content (AvgIpc) is 2.62. The Morgan fingerprint density at radius 2 is 2.00 bits per heavy atom. The zero-order valence-electron chi connectivity index (χ0n) is 14.3. The normalized spacial score (nSPS) is 16.5. The van der Waals surface area contributed by atoms with Gasteiger partial charge in [-0.25, -0.2) is 0 Å². The van der Waals surface area contributed by atoms with E-state index >= 15 is 0 Å². The Kier molecular flexibility index (Phi) is 6.54. The summed E-state index contributed by atoms with van der Waals surface area (Å²) < 4.78 is 0. The van der Waals surface area contributed by atoms with Crippen molar-refractivity contribution in [2.75, 3.05) is 25.0 Å². The number of carbonyl (C=O) groups excluding carboxylic acids is 1. The first-order valence-corrected chi connectivity index (χ1v) is 8.18. The third-order valence-electron chi connectivity index (χ3n) is 4.15. The van der Waals surface area contributed by atoms with Gasteiger partial charge < -0.3 is 15.5 Å². The van der Waals surface area contributed by atoms with Gasteiger partial charge in [0.1, 0.15) is 5.69 Å². The number of nitro groups is 1. The van der Waals surface area contributed by atoms with E-state index in [9.17, 15) is 14.9 Å². The maximum atomic E-state index is 12.6. The topological polar surface area (TPSA) is 87.5 Å². The molecule has 0 bridgehead atoms. The second-order valence-corrected chi connectivity index (χ2v) is 6.09. The lowest BCUT2D eigenvalue weighted by molar-refractivity contribution is -0.383. The van der Waals surface area contributed by atoms with Crippen molar-refractivity contribution < 1.29 is 9.72 Å². The highest BCUT2D eigenvalue weighted by molar-refractivity contribution is 5.96. The molecule has 0 spiro atoms. The summed E-state index contributed by atoms with van der Waals surface area (Å²) in [4.78, 5) is 25.3. The van der Waals surface area contributed by atoms with Gasteiger partial charge in [0.05, 0.1) is 4.92 Å². The minimum Gasteiger partial charge on any atom is -0.350 e. The number of piperazine rings is 1. The molecular weight excluding hydrogens is 356 g/mol. The number of amides is 1. The van der Waals surface area contributed by atoms with Crippen LogP contribution in [0.4, 0.5) is 17.1 Å². The highest BCUT2D eigenvalue weighted by Gasteiger charge is 2.24. The number of carbonyl (C=O) groups is 1. The number of nitro benzene ring substituents is 1.